The van der Waals surface area contributed by atoms with Crippen molar-refractivity contribution in [2.45, 2.75) is 33.4 Å². The fourth-order valence-electron chi connectivity index (χ4n) is 4.16. The Balaban J connectivity index is 1.70. The first kappa shape index (κ1) is 26.6. The maximum Gasteiger partial charge on any atom is 0.416 e. The fraction of sp³-hybridized carbons (Fsp3) is 0.269. The zero-order chi connectivity index (χ0) is 27.6. The van der Waals surface area contributed by atoms with E-state index in [9.17, 15) is 22.8 Å². The zero-order valence-electron chi connectivity index (χ0n) is 21.0. The second-order valence-electron chi connectivity index (χ2n) is 8.91. The minimum Gasteiger partial charge on any atom is -0.403 e. The first-order valence-electron chi connectivity index (χ1n) is 11.9. The van der Waals surface area contributed by atoms with Gasteiger partial charge in [-0.25, -0.2) is 4.98 Å². The molecule has 1 aliphatic heterocycles. The number of rotatable bonds is 6. The average Bonchev–Trinajstić information content (AvgIpc) is 3.30. The lowest BCUT2D eigenvalue weighted by atomic mass is 9.95. The number of hydrogen-bond acceptors (Lipinski definition) is 6. The molecule has 3 aromatic rings. The summed E-state index contributed by atoms with van der Waals surface area (Å²) in [5, 5.41) is 10.6. The highest BCUT2D eigenvalue weighted by atomic mass is 19.4. The molecule has 4 rings (SSSR count). The first-order chi connectivity index (χ1) is 18.0. The van der Waals surface area contributed by atoms with E-state index in [1.807, 2.05) is 26.8 Å². The Morgan fingerprint density at radius 1 is 1.24 bits per heavy atom. The second-order valence-corrected chi connectivity index (χ2v) is 8.91. The number of carbonyl (C=O) groups is 2. The summed E-state index contributed by atoms with van der Waals surface area (Å²) < 4.78 is 41.0. The van der Waals surface area contributed by atoms with Gasteiger partial charge in [-0.1, -0.05) is 19.9 Å². The van der Waals surface area contributed by atoms with E-state index in [2.05, 4.69) is 20.5 Å². The molecule has 1 aromatic carbocycles. The van der Waals surface area contributed by atoms with Gasteiger partial charge in [0.05, 0.1) is 23.4 Å². The van der Waals surface area contributed by atoms with Crippen LogP contribution in [0.4, 0.5) is 19.0 Å². The molecule has 2 amide bonds. The van der Waals surface area contributed by atoms with Crippen molar-refractivity contribution in [3.8, 4) is 5.69 Å². The summed E-state index contributed by atoms with van der Waals surface area (Å²) in [5.41, 5.74) is 6.94. The summed E-state index contributed by atoms with van der Waals surface area (Å²) in [7, 11) is 0. The van der Waals surface area contributed by atoms with Crippen LogP contribution >= 0.6 is 0 Å². The molecule has 12 heteroatoms. The Morgan fingerprint density at radius 3 is 2.66 bits per heavy atom. The molecule has 0 radical (unpaired) electrons. The Morgan fingerprint density at radius 2 is 2.00 bits per heavy atom. The topological polar surface area (TPSA) is 119 Å². The van der Waals surface area contributed by atoms with Gasteiger partial charge in [0.25, 0.3) is 5.91 Å². The lowest BCUT2D eigenvalue weighted by Crippen LogP contribution is -2.32. The molecule has 0 spiro atoms. The zero-order valence-corrected chi connectivity index (χ0v) is 21.0. The van der Waals surface area contributed by atoms with Gasteiger partial charge in [-0.15, -0.1) is 10.2 Å². The number of allylic oxidation sites excluding steroid dienone is 2. The van der Waals surface area contributed by atoms with Gasteiger partial charge < -0.3 is 11.1 Å². The van der Waals surface area contributed by atoms with Crippen molar-refractivity contribution in [3.05, 3.63) is 83.3 Å². The van der Waals surface area contributed by atoms with E-state index < -0.39 is 17.6 Å². The number of nitrogens with two attached hydrogens (primary N) is 1. The van der Waals surface area contributed by atoms with Crippen LogP contribution in [0.25, 0.3) is 11.3 Å². The van der Waals surface area contributed by atoms with Crippen LogP contribution < -0.4 is 16.0 Å². The maximum atomic E-state index is 13.1. The third-order valence-electron chi connectivity index (χ3n) is 6.06. The molecule has 0 atom stereocenters. The Bertz CT molecular complexity index is 1440. The number of carbonyl (C=O) groups excluding carboxylic acids is 2. The minimum atomic E-state index is -4.57. The van der Waals surface area contributed by atoms with Crippen molar-refractivity contribution in [3.63, 3.8) is 0 Å². The van der Waals surface area contributed by atoms with Gasteiger partial charge in [-0.3, -0.25) is 19.1 Å². The van der Waals surface area contributed by atoms with Crippen molar-refractivity contribution in [1.29, 1.82) is 0 Å². The number of alkyl halides is 3. The molecule has 3 N–H and O–H groups in total. The van der Waals surface area contributed by atoms with Gasteiger partial charge in [0.15, 0.2) is 5.82 Å². The van der Waals surface area contributed by atoms with Gasteiger partial charge >= 0.3 is 6.18 Å². The Kier molecular flexibility index (Phi) is 7.33. The highest BCUT2D eigenvalue weighted by Crippen LogP contribution is 2.33. The smallest absolute Gasteiger partial charge is 0.403 e. The molecule has 3 heterocycles. The number of benzene rings is 1. The van der Waals surface area contributed by atoms with Crippen molar-refractivity contribution in [2.75, 3.05) is 11.4 Å². The van der Waals surface area contributed by atoms with Crippen molar-refractivity contribution in [2.24, 2.45) is 11.7 Å². The van der Waals surface area contributed by atoms with Gasteiger partial charge in [0.2, 0.25) is 5.91 Å². The molecule has 38 heavy (non-hydrogen) atoms. The number of nitrogens with zero attached hydrogens (tertiary/aromatic N) is 5. The standard InChI is InChI=1S/C26H26F3N7O2/c1-4-35-23(37)11-22-34-32-14-36(22)21-9-17(13-31-24(21)35)20(15(2)3)10-19(12-30)33-25(38)16-6-5-7-18(8-16)26(27,28)29/h5-10,12-15H,4,11,30H2,1-3H3,(H,33,38)/b19-12+,20-10+. The number of fused-ring (bicyclic) bond motifs is 3. The van der Waals surface area contributed by atoms with Crippen LogP contribution in [0.2, 0.25) is 0 Å². The largest absolute Gasteiger partial charge is 0.416 e. The molecule has 1 aliphatic rings. The summed E-state index contributed by atoms with van der Waals surface area (Å²) in [6.45, 7) is 6.15. The van der Waals surface area contributed by atoms with Crippen molar-refractivity contribution >= 4 is 23.2 Å². The number of aromatic nitrogens is 4. The van der Waals surface area contributed by atoms with Gasteiger partial charge in [-0.2, -0.15) is 13.2 Å². The van der Waals surface area contributed by atoms with Crippen LogP contribution in [0.3, 0.4) is 0 Å². The molecular weight excluding hydrogens is 499 g/mol. The number of nitrogens with one attached hydrogen (secondary N) is 1. The van der Waals surface area contributed by atoms with E-state index in [0.717, 1.165) is 17.7 Å². The monoisotopic (exact) mass is 525 g/mol. The summed E-state index contributed by atoms with van der Waals surface area (Å²) >= 11 is 0. The summed E-state index contributed by atoms with van der Waals surface area (Å²) in [5.74, 6) is 0.00210. The number of hydrogen-bond donors (Lipinski definition) is 2. The molecule has 2 aromatic heterocycles. The fourth-order valence-corrected chi connectivity index (χ4v) is 4.16. The van der Waals surface area contributed by atoms with Crippen LogP contribution in [-0.2, 0) is 17.4 Å². The number of likely N-dealkylation sites (N-methyl/N-ethyl adjacent to an activating group) is 1. The SMILES string of the molecule is CCN1C(=O)Cc2nncn2-c2cc(/C(=C/C(=C\N)NC(=O)c3cccc(C(F)(F)F)c3)C(C)C)cnc21. The lowest BCUT2D eigenvalue weighted by Gasteiger charge is -2.21. The van der Waals surface area contributed by atoms with Crippen LogP contribution in [0.15, 0.2) is 60.8 Å². The van der Waals surface area contributed by atoms with Gasteiger partial charge in [0.1, 0.15) is 12.2 Å². The predicted molar refractivity (Wildman–Crippen MR) is 135 cm³/mol. The molecule has 0 saturated heterocycles. The van der Waals surface area contributed by atoms with E-state index >= 15 is 0 Å². The molecule has 9 nitrogen and oxygen atoms in total. The van der Waals surface area contributed by atoms with E-state index in [-0.39, 0.29) is 29.5 Å². The van der Waals surface area contributed by atoms with E-state index in [4.69, 9.17) is 5.73 Å². The third-order valence-corrected chi connectivity index (χ3v) is 6.06. The number of halogens is 3. The highest BCUT2D eigenvalue weighted by molar-refractivity contribution is 5.97. The Labute approximate surface area is 216 Å². The summed E-state index contributed by atoms with van der Waals surface area (Å²) in [6.07, 6.45) is 1.46. The number of pyridine rings is 1. The highest BCUT2D eigenvalue weighted by Gasteiger charge is 2.31. The van der Waals surface area contributed by atoms with Gasteiger partial charge in [0, 0.05) is 24.5 Å². The maximum absolute atomic E-state index is 13.1. The summed E-state index contributed by atoms with van der Waals surface area (Å²) in [4.78, 5) is 31.7. The molecule has 198 valence electrons. The molecule has 0 fully saturated rings. The molecule has 0 bridgehead atoms. The number of amides is 2. The van der Waals surface area contributed by atoms with Crippen LogP contribution in [0.5, 0.6) is 0 Å². The molecule has 0 saturated carbocycles. The van der Waals surface area contributed by atoms with Crippen molar-refractivity contribution < 1.29 is 22.8 Å². The van der Waals surface area contributed by atoms with E-state index in [1.165, 1.54) is 24.7 Å². The third kappa shape index (κ3) is 5.29. The van der Waals surface area contributed by atoms with Crippen molar-refractivity contribution in [1.82, 2.24) is 25.1 Å². The second kappa shape index (κ2) is 10.5. The lowest BCUT2D eigenvalue weighted by molar-refractivity contribution is -0.137. The average molecular weight is 526 g/mol. The van der Waals surface area contributed by atoms with Crippen LogP contribution in [0, 0.1) is 5.92 Å². The summed E-state index contributed by atoms with van der Waals surface area (Å²) in [6, 6.07) is 5.99. The van der Waals surface area contributed by atoms with E-state index in [0.29, 0.717) is 29.4 Å². The van der Waals surface area contributed by atoms with E-state index in [1.54, 1.807) is 21.7 Å². The molecular formula is C26H26F3N7O2. The minimum absolute atomic E-state index is 0.0645. The Hall–Kier alpha value is -4.48. The van der Waals surface area contributed by atoms with Crippen LogP contribution in [0.1, 0.15) is 48.1 Å². The number of anilines is 1. The molecule has 0 aliphatic carbocycles. The van der Waals surface area contributed by atoms with Gasteiger partial charge in [-0.05, 0) is 54.3 Å². The normalized spacial score (nSPS) is 14.3. The quantitative estimate of drug-likeness (QED) is 0.472. The first-order valence-corrected chi connectivity index (χ1v) is 11.9. The predicted octanol–water partition coefficient (Wildman–Crippen LogP) is 3.86. The molecule has 0 unspecified atom stereocenters. The van der Waals surface area contributed by atoms with Crippen LogP contribution in [-0.4, -0.2) is 38.1 Å².